The van der Waals surface area contributed by atoms with E-state index in [0.717, 1.165) is 17.1 Å². The van der Waals surface area contributed by atoms with Crippen LogP contribution < -0.4 is 0 Å². The smallest absolute Gasteiger partial charge is 0.180 e. The highest BCUT2D eigenvalue weighted by molar-refractivity contribution is 7.09. The number of tetrazole rings is 1. The Morgan fingerprint density at radius 1 is 1.54 bits per heavy atom. The van der Waals surface area contributed by atoms with E-state index in [1.54, 1.807) is 11.3 Å². The molecule has 2 aromatic heterocycles. The van der Waals surface area contributed by atoms with Crippen LogP contribution in [0.1, 0.15) is 23.4 Å². The number of H-pyrrole nitrogens is 1. The first-order chi connectivity index (χ1) is 6.38. The van der Waals surface area contributed by atoms with Crippen molar-refractivity contribution < 1.29 is 0 Å². The minimum Gasteiger partial charge on any atom is -0.246 e. The van der Waals surface area contributed by atoms with E-state index in [2.05, 4.69) is 32.5 Å². The van der Waals surface area contributed by atoms with Gasteiger partial charge in [-0.05, 0) is 6.42 Å². The maximum Gasteiger partial charge on any atom is 0.180 e. The predicted octanol–water partition coefficient (Wildman–Crippen LogP) is 0.809. The van der Waals surface area contributed by atoms with Gasteiger partial charge in [-0.3, -0.25) is 0 Å². The molecule has 68 valence electrons. The minimum atomic E-state index is 0.660. The highest BCUT2D eigenvalue weighted by atomic mass is 32.1. The number of thiazole rings is 1. The Kier molecular flexibility index (Phi) is 2.31. The maximum atomic E-state index is 4.40. The van der Waals surface area contributed by atoms with Crippen LogP contribution in [0, 0.1) is 0 Å². The summed E-state index contributed by atoms with van der Waals surface area (Å²) in [5, 5.41) is 16.8. The molecule has 2 aromatic rings. The molecular weight excluding hydrogens is 186 g/mol. The van der Waals surface area contributed by atoms with E-state index in [0.29, 0.717) is 12.2 Å². The second kappa shape index (κ2) is 3.61. The summed E-state index contributed by atoms with van der Waals surface area (Å²) in [6.07, 6.45) is 1.64. The second-order valence-electron chi connectivity index (χ2n) is 2.59. The summed E-state index contributed by atoms with van der Waals surface area (Å²) in [7, 11) is 0. The lowest BCUT2D eigenvalue weighted by atomic mass is 10.3. The highest BCUT2D eigenvalue weighted by Gasteiger charge is 2.04. The van der Waals surface area contributed by atoms with E-state index in [1.165, 1.54) is 0 Å². The standard InChI is InChI=1S/C7H9N5S/c1-2-7-8-5(4-13-7)3-6-9-11-12-10-6/h4H,2-3H2,1H3,(H,9,10,11,12). The molecule has 0 aliphatic carbocycles. The van der Waals surface area contributed by atoms with Gasteiger partial charge in [-0.15, -0.1) is 21.5 Å². The van der Waals surface area contributed by atoms with Crippen LogP contribution in [0.2, 0.25) is 0 Å². The second-order valence-corrected chi connectivity index (χ2v) is 3.53. The van der Waals surface area contributed by atoms with Crippen LogP contribution in [0.4, 0.5) is 0 Å². The molecule has 5 nitrogen and oxygen atoms in total. The monoisotopic (exact) mass is 195 g/mol. The first-order valence-electron chi connectivity index (χ1n) is 4.04. The van der Waals surface area contributed by atoms with E-state index < -0.39 is 0 Å². The SMILES string of the molecule is CCc1nc(Cc2nn[nH]n2)cs1. The third-order valence-electron chi connectivity index (χ3n) is 1.63. The number of nitrogens with zero attached hydrogens (tertiary/aromatic N) is 4. The normalized spacial score (nSPS) is 10.5. The van der Waals surface area contributed by atoms with E-state index in [-0.39, 0.29) is 0 Å². The zero-order valence-corrected chi connectivity index (χ0v) is 8.01. The van der Waals surface area contributed by atoms with Crippen LogP contribution in [0.25, 0.3) is 0 Å². The summed E-state index contributed by atoms with van der Waals surface area (Å²) in [4.78, 5) is 4.40. The number of hydrogen-bond donors (Lipinski definition) is 1. The zero-order chi connectivity index (χ0) is 9.10. The van der Waals surface area contributed by atoms with Gasteiger partial charge in [0.15, 0.2) is 5.82 Å². The molecule has 6 heteroatoms. The van der Waals surface area contributed by atoms with Gasteiger partial charge < -0.3 is 0 Å². The van der Waals surface area contributed by atoms with Crippen LogP contribution in [-0.2, 0) is 12.8 Å². The van der Waals surface area contributed by atoms with Crippen molar-refractivity contribution in [1.29, 1.82) is 0 Å². The van der Waals surface area contributed by atoms with Crippen LogP contribution in [0.3, 0.4) is 0 Å². The van der Waals surface area contributed by atoms with Crippen molar-refractivity contribution >= 4 is 11.3 Å². The Labute approximate surface area is 79.2 Å². The molecule has 0 saturated heterocycles. The molecule has 2 heterocycles. The summed E-state index contributed by atoms with van der Waals surface area (Å²) >= 11 is 1.67. The first-order valence-corrected chi connectivity index (χ1v) is 4.92. The Hall–Kier alpha value is -1.30. The highest BCUT2D eigenvalue weighted by Crippen LogP contribution is 2.11. The molecule has 0 aliphatic heterocycles. The van der Waals surface area contributed by atoms with E-state index in [4.69, 9.17) is 0 Å². The number of aryl methyl sites for hydroxylation is 1. The summed E-state index contributed by atoms with van der Waals surface area (Å²) in [5.41, 5.74) is 1.02. The molecule has 0 amide bonds. The van der Waals surface area contributed by atoms with Gasteiger partial charge in [-0.25, -0.2) is 4.98 Å². The van der Waals surface area contributed by atoms with Crippen molar-refractivity contribution in [2.75, 3.05) is 0 Å². The number of rotatable bonds is 3. The van der Waals surface area contributed by atoms with Crippen LogP contribution >= 0.6 is 11.3 Å². The van der Waals surface area contributed by atoms with Crippen LogP contribution in [-0.4, -0.2) is 25.6 Å². The van der Waals surface area contributed by atoms with Gasteiger partial charge in [0.1, 0.15) is 0 Å². The fraction of sp³-hybridized carbons (Fsp3) is 0.429. The number of aromatic amines is 1. The topological polar surface area (TPSA) is 67.3 Å². The minimum absolute atomic E-state index is 0.660. The van der Waals surface area contributed by atoms with E-state index in [1.807, 2.05) is 5.38 Å². The Morgan fingerprint density at radius 2 is 2.46 bits per heavy atom. The summed E-state index contributed by atoms with van der Waals surface area (Å²) in [6, 6.07) is 0. The van der Waals surface area contributed by atoms with Gasteiger partial charge in [0, 0.05) is 5.38 Å². The van der Waals surface area contributed by atoms with Crippen LogP contribution in [0.15, 0.2) is 5.38 Å². The van der Waals surface area contributed by atoms with Crippen molar-refractivity contribution in [3.63, 3.8) is 0 Å². The third kappa shape index (κ3) is 1.89. The van der Waals surface area contributed by atoms with Crippen molar-refractivity contribution in [1.82, 2.24) is 25.6 Å². The van der Waals surface area contributed by atoms with Gasteiger partial charge in [0.2, 0.25) is 0 Å². The Morgan fingerprint density at radius 3 is 3.08 bits per heavy atom. The Balaban J connectivity index is 2.10. The molecule has 0 unspecified atom stereocenters. The van der Waals surface area contributed by atoms with Gasteiger partial charge in [0.25, 0.3) is 0 Å². The van der Waals surface area contributed by atoms with Crippen molar-refractivity contribution in [3.8, 4) is 0 Å². The van der Waals surface area contributed by atoms with Crippen molar-refractivity contribution in [2.45, 2.75) is 19.8 Å². The molecule has 1 N–H and O–H groups in total. The molecule has 0 aromatic carbocycles. The molecule has 0 spiro atoms. The summed E-state index contributed by atoms with van der Waals surface area (Å²) in [6.45, 7) is 2.09. The lowest BCUT2D eigenvalue weighted by Gasteiger charge is -1.87. The van der Waals surface area contributed by atoms with Gasteiger partial charge >= 0.3 is 0 Å². The zero-order valence-electron chi connectivity index (χ0n) is 7.19. The van der Waals surface area contributed by atoms with E-state index >= 15 is 0 Å². The predicted molar refractivity (Wildman–Crippen MR) is 48.5 cm³/mol. The van der Waals surface area contributed by atoms with Crippen molar-refractivity contribution in [2.24, 2.45) is 0 Å². The average molecular weight is 195 g/mol. The fourth-order valence-corrected chi connectivity index (χ4v) is 1.76. The van der Waals surface area contributed by atoms with Gasteiger partial charge in [-0.2, -0.15) is 5.21 Å². The third-order valence-corrected chi connectivity index (χ3v) is 2.67. The van der Waals surface area contributed by atoms with Crippen LogP contribution in [0.5, 0.6) is 0 Å². The molecular formula is C7H9N5S. The first kappa shape index (κ1) is 8.31. The maximum absolute atomic E-state index is 4.40. The van der Waals surface area contributed by atoms with Gasteiger partial charge in [-0.1, -0.05) is 12.1 Å². The largest absolute Gasteiger partial charge is 0.246 e. The number of nitrogens with one attached hydrogen (secondary N) is 1. The van der Waals surface area contributed by atoms with Gasteiger partial charge in [0.05, 0.1) is 17.1 Å². The average Bonchev–Trinajstić information content (AvgIpc) is 2.76. The molecule has 2 rings (SSSR count). The summed E-state index contributed by atoms with van der Waals surface area (Å²) < 4.78 is 0. The fourth-order valence-electron chi connectivity index (χ4n) is 1.01. The molecule has 0 atom stereocenters. The molecule has 0 radical (unpaired) electrons. The molecule has 0 bridgehead atoms. The van der Waals surface area contributed by atoms with Crippen molar-refractivity contribution in [3.05, 3.63) is 21.9 Å². The lowest BCUT2D eigenvalue weighted by molar-refractivity contribution is 0.881. The number of aromatic nitrogens is 5. The quantitative estimate of drug-likeness (QED) is 0.787. The number of hydrogen-bond acceptors (Lipinski definition) is 5. The molecule has 0 aliphatic rings. The lowest BCUT2D eigenvalue weighted by Crippen LogP contribution is -1.91. The molecule has 13 heavy (non-hydrogen) atoms. The van der Waals surface area contributed by atoms with E-state index in [9.17, 15) is 0 Å². The molecule has 0 fully saturated rings. The Bertz CT molecular complexity index is 366. The summed E-state index contributed by atoms with van der Waals surface area (Å²) in [5.74, 6) is 0.688. The molecule has 0 saturated carbocycles.